The predicted octanol–water partition coefficient (Wildman–Crippen LogP) is 0.746. The quantitative estimate of drug-likeness (QED) is 0.629. The summed E-state index contributed by atoms with van der Waals surface area (Å²) >= 11 is 0. The molecule has 3 N–H and O–H groups in total. The van der Waals surface area contributed by atoms with Crippen molar-refractivity contribution < 1.29 is 0 Å². The van der Waals surface area contributed by atoms with Crippen LogP contribution < -0.4 is 11.1 Å². The summed E-state index contributed by atoms with van der Waals surface area (Å²) in [5.74, 6) is 0.585. The van der Waals surface area contributed by atoms with Gasteiger partial charge in [-0.25, -0.2) is 0 Å². The number of rotatable bonds is 0. The third-order valence-corrected chi connectivity index (χ3v) is 3.24. The van der Waals surface area contributed by atoms with Crippen LogP contribution in [0.5, 0.6) is 0 Å². The van der Waals surface area contributed by atoms with E-state index in [1.165, 1.54) is 11.1 Å². The number of hydrogen-bond acceptors (Lipinski definition) is 3. The molecule has 1 unspecified atom stereocenters. The third kappa shape index (κ3) is 0.895. The van der Waals surface area contributed by atoms with Gasteiger partial charge in [0.2, 0.25) is 0 Å². The Morgan fingerprint density at radius 3 is 3.00 bits per heavy atom. The van der Waals surface area contributed by atoms with E-state index in [1.807, 2.05) is 0 Å². The van der Waals surface area contributed by atoms with Crippen LogP contribution >= 0.6 is 0 Å². The predicted molar refractivity (Wildman–Crippen MR) is 56.1 cm³/mol. The molecule has 2 aliphatic rings. The van der Waals surface area contributed by atoms with Crippen LogP contribution in [0.1, 0.15) is 17.5 Å². The van der Waals surface area contributed by atoms with Gasteiger partial charge in [-0.15, -0.1) is 0 Å². The second kappa shape index (κ2) is 2.50. The van der Waals surface area contributed by atoms with Crippen molar-refractivity contribution in [1.29, 1.82) is 0 Å². The maximum Gasteiger partial charge on any atom is 0.189 e. The molecule has 1 aromatic carbocycles. The highest BCUT2D eigenvalue weighted by atomic mass is 15.2. The zero-order valence-corrected chi connectivity index (χ0v) is 7.96. The Kier molecular flexibility index (Phi) is 1.40. The summed E-state index contributed by atoms with van der Waals surface area (Å²) in [6, 6.07) is 8.56. The molecule has 0 saturated heterocycles. The Morgan fingerprint density at radius 2 is 2.21 bits per heavy atom. The second-order valence-corrected chi connectivity index (χ2v) is 4.07. The van der Waals surface area contributed by atoms with E-state index in [4.69, 9.17) is 5.73 Å². The Balaban J connectivity index is 2.06. The van der Waals surface area contributed by atoms with Crippen molar-refractivity contribution in [2.75, 3.05) is 6.54 Å². The molecule has 0 aromatic heterocycles. The van der Waals surface area contributed by atoms with Gasteiger partial charge in [-0.2, -0.15) is 0 Å². The maximum atomic E-state index is 5.69. The highest BCUT2D eigenvalue weighted by molar-refractivity contribution is 5.81. The van der Waals surface area contributed by atoms with Crippen LogP contribution in [0.2, 0.25) is 0 Å². The van der Waals surface area contributed by atoms with Crippen molar-refractivity contribution in [3.8, 4) is 0 Å². The van der Waals surface area contributed by atoms with Crippen LogP contribution in [0.3, 0.4) is 0 Å². The summed E-state index contributed by atoms with van der Waals surface area (Å²) < 4.78 is 0. The number of aryl methyl sites for hydroxylation is 1. The van der Waals surface area contributed by atoms with Crippen LogP contribution in [-0.4, -0.2) is 12.5 Å². The lowest BCUT2D eigenvalue weighted by molar-refractivity contribution is 0.429. The van der Waals surface area contributed by atoms with Gasteiger partial charge in [-0.05, 0) is 24.0 Å². The number of aliphatic imine (C=N–C) groups is 1. The first-order valence-corrected chi connectivity index (χ1v) is 4.97. The summed E-state index contributed by atoms with van der Waals surface area (Å²) in [5.41, 5.74) is 8.51. The molecule has 1 aromatic rings. The van der Waals surface area contributed by atoms with E-state index in [9.17, 15) is 0 Å². The molecule has 1 atom stereocenters. The first kappa shape index (κ1) is 7.85. The van der Waals surface area contributed by atoms with E-state index in [0.717, 1.165) is 19.4 Å². The van der Waals surface area contributed by atoms with Crippen molar-refractivity contribution in [3.05, 3.63) is 35.4 Å². The van der Waals surface area contributed by atoms with Gasteiger partial charge in [0.15, 0.2) is 5.96 Å². The van der Waals surface area contributed by atoms with Gasteiger partial charge in [-0.3, -0.25) is 4.99 Å². The molecule has 1 heterocycles. The van der Waals surface area contributed by atoms with E-state index in [2.05, 4.69) is 34.6 Å². The molecule has 0 bridgehead atoms. The summed E-state index contributed by atoms with van der Waals surface area (Å²) in [4.78, 5) is 4.25. The molecular formula is C11H13N3. The summed E-state index contributed by atoms with van der Waals surface area (Å²) in [6.07, 6.45) is 2.24. The molecule has 1 aliphatic carbocycles. The average Bonchev–Trinajstić information content (AvgIpc) is 2.75. The van der Waals surface area contributed by atoms with Crippen molar-refractivity contribution in [2.45, 2.75) is 18.4 Å². The zero-order valence-electron chi connectivity index (χ0n) is 7.96. The third-order valence-electron chi connectivity index (χ3n) is 3.24. The van der Waals surface area contributed by atoms with Crippen LogP contribution in [0, 0.1) is 0 Å². The second-order valence-electron chi connectivity index (χ2n) is 4.07. The highest BCUT2D eigenvalue weighted by Gasteiger charge is 2.41. The topological polar surface area (TPSA) is 50.4 Å². The fraction of sp³-hybridized carbons (Fsp3) is 0.364. The molecule has 0 radical (unpaired) electrons. The van der Waals surface area contributed by atoms with Crippen molar-refractivity contribution in [3.63, 3.8) is 0 Å². The smallest absolute Gasteiger partial charge is 0.189 e. The van der Waals surface area contributed by atoms with E-state index < -0.39 is 0 Å². The zero-order chi connectivity index (χ0) is 9.60. The first-order valence-electron chi connectivity index (χ1n) is 4.97. The molecule has 3 nitrogen and oxygen atoms in total. The summed E-state index contributed by atoms with van der Waals surface area (Å²) in [5, 5.41) is 3.31. The van der Waals surface area contributed by atoms with Crippen LogP contribution in [0.25, 0.3) is 0 Å². The fourth-order valence-electron chi connectivity index (χ4n) is 2.53. The summed E-state index contributed by atoms with van der Waals surface area (Å²) in [7, 11) is 0. The number of guanidine groups is 1. The summed E-state index contributed by atoms with van der Waals surface area (Å²) in [6.45, 7) is 0.788. The highest BCUT2D eigenvalue weighted by Crippen LogP contribution is 2.38. The molecule has 72 valence electrons. The van der Waals surface area contributed by atoms with Crippen molar-refractivity contribution >= 4 is 5.96 Å². The van der Waals surface area contributed by atoms with Gasteiger partial charge in [-0.1, -0.05) is 24.3 Å². The van der Waals surface area contributed by atoms with E-state index in [1.54, 1.807) is 0 Å². The average molecular weight is 187 g/mol. The lowest BCUT2D eigenvalue weighted by Gasteiger charge is -2.24. The molecule has 0 fully saturated rings. The van der Waals surface area contributed by atoms with Crippen LogP contribution in [0.15, 0.2) is 29.3 Å². The van der Waals surface area contributed by atoms with E-state index in [-0.39, 0.29) is 5.54 Å². The van der Waals surface area contributed by atoms with Gasteiger partial charge < -0.3 is 11.1 Å². The van der Waals surface area contributed by atoms with E-state index in [0.29, 0.717) is 5.96 Å². The van der Waals surface area contributed by atoms with Gasteiger partial charge in [0, 0.05) is 0 Å². The van der Waals surface area contributed by atoms with Crippen LogP contribution in [-0.2, 0) is 12.0 Å². The van der Waals surface area contributed by atoms with Gasteiger partial charge >= 0.3 is 0 Å². The molecule has 3 heteroatoms. The SMILES string of the molecule is NC1=NCC2(CCc3ccccc32)N1. The first-order chi connectivity index (χ1) is 6.80. The molecule has 0 amide bonds. The van der Waals surface area contributed by atoms with Gasteiger partial charge in [0.05, 0.1) is 12.1 Å². The van der Waals surface area contributed by atoms with Crippen molar-refractivity contribution in [2.24, 2.45) is 10.7 Å². The van der Waals surface area contributed by atoms with Gasteiger partial charge in [0.25, 0.3) is 0 Å². The van der Waals surface area contributed by atoms with Crippen LogP contribution in [0.4, 0.5) is 0 Å². The minimum absolute atomic E-state index is 0.0146. The normalized spacial score (nSPS) is 28.7. The largest absolute Gasteiger partial charge is 0.370 e. The molecule has 3 rings (SSSR count). The molecule has 0 saturated carbocycles. The minimum atomic E-state index is 0.0146. The van der Waals surface area contributed by atoms with Gasteiger partial charge in [0.1, 0.15) is 0 Å². The lowest BCUT2D eigenvalue weighted by atomic mass is 9.93. The number of hydrogen-bond donors (Lipinski definition) is 2. The molecule has 14 heavy (non-hydrogen) atoms. The van der Waals surface area contributed by atoms with Crippen molar-refractivity contribution in [1.82, 2.24) is 5.32 Å². The van der Waals surface area contributed by atoms with E-state index >= 15 is 0 Å². The standard InChI is InChI=1S/C11H13N3/c12-10-13-7-11(14-10)6-5-8-3-1-2-4-9(8)11/h1-4H,5-7H2,(H3,12,13,14). The monoisotopic (exact) mass is 187 g/mol. The Hall–Kier alpha value is -1.51. The molecule has 1 spiro atoms. The number of nitrogens with two attached hydrogens (primary N) is 1. The molecule has 1 aliphatic heterocycles. The number of benzene rings is 1. The number of nitrogens with zero attached hydrogens (tertiary/aromatic N) is 1. The molecular weight excluding hydrogens is 174 g/mol. The Bertz CT molecular complexity index is 411. The fourth-order valence-corrected chi connectivity index (χ4v) is 2.53. The Labute approximate surface area is 83.0 Å². The lowest BCUT2D eigenvalue weighted by Crippen LogP contribution is -2.43. The Morgan fingerprint density at radius 1 is 1.36 bits per heavy atom. The number of nitrogens with one attached hydrogen (secondary N) is 1. The minimum Gasteiger partial charge on any atom is -0.370 e. The number of fused-ring (bicyclic) bond motifs is 2. The maximum absolute atomic E-state index is 5.69.